The molecule has 0 aliphatic rings. The lowest BCUT2D eigenvalue weighted by Gasteiger charge is -2.12. The van der Waals surface area contributed by atoms with Gasteiger partial charge in [-0.2, -0.15) is 10.1 Å². The molecule has 2 rings (SSSR count). The molecule has 0 saturated heterocycles. The molecule has 4 nitrogen and oxygen atoms in total. The fourth-order valence-corrected chi connectivity index (χ4v) is 1.56. The van der Waals surface area contributed by atoms with Crippen LogP contribution in [0.1, 0.15) is 0 Å². The van der Waals surface area contributed by atoms with E-state index < -0.39 is 6.09 Å². The van der Waals surface area contributed by atoms with Crippen LogP contribution >= 0.6 is 0 Å². The quantitative estimate of drug-likeness (QED) is 0.617. The zero-order chi connectivity index (χ0) is 11.5. The predicted molar refractivity (Wildman–Crippen MR) is 64.0 cm³/mol. The molecule has 0 spiro atoms. The fraction of sp³-hybridized carbons (Fsp3) is 0. The predicted octanol–water partition coefficient (Wildman–Crippen LogP) is 2.94. The van der Waals surface area contributed by atoms with Crippen molar-refractivity contribution in [3.63, 3.8) is 0 Å². The lowest BCUT2D eigenvalue weighted by Crippen LogP contribution is -2.22. The molecule has 0 aliphatic heterocycles. The Morgan fingerprint density at radius 2 is 1.88 bits per heavy atom. The molecule has 2 aromatic carbocycles. The van der Waals surface area contributed by atoms with Crippen LogP contribution in [0.3, 0.4) is 0 Å². The average Bonchev–Trinajstić information content (AvgIpc) is 2.29. The first-order chi connectivity index (χ1) is 7.72. The third kappa shape index (κ3) is 1.72. The van der Waals surface area contributed by atoms with Crippen molar-refractivity contribution in [3.8, 4) is 0 Å². The number of hydrogen-bond donors (Lipinski definition) is 1. The number of rotatable bonds is 2. The van der Waals surface area contributed by atoms with Gasteiger partial charge in [-0.25, -0.2) is 4.79 Å². The molecule has 80 valence electrons. The van der Waals surface area contributed by atoms with Gasteiger partial charge in [-0.05, 0) is 22.9 Å². The second-order valence-corrected chi connectivity index (χ2v) is 3.27. The molecule has 4 heteroatoms. The summed E-state index contributed by atoms with van der Waals surface area (Å²) in [4.78, 5) is 10.9. The molecule has 0 aliphatic carbocycles. The van der Waals surface area contributed by atoms with Crippen molar-refractivity contribution in [2.75, 3.05) is 5.01 Å². The highest BCUT2D eigenvalue weighted by Crippen LogP contribution is 2.22. The Hall–Kier alpha value is -2.36. The van der Waals surface area contributed by atoms with Gasteiger partial charge in [-0.3, -0.25) is 0 Å². The minimum absolute atomic E-state index is 0.487. The molecule has 0 unspecified atom stereocenters. The van der Waals surface area contributed by atoms with Gasteiger partial charge in [0.1, 0.15) is 0 Å². The molecule has 0 fully saturated rings. The van der Waals surface area contributed by atoms with Gasteiger partial charge in [-0.15, -0.1) is 0 Å². The van der Waals surface area contributed by atoms with E-state index in [1.807, 2.05) is 30.3 Å². The number of anilines is 1. The lowest BCUT2D eigenvalue weighted by atomic mass is 10.1. The summed E-state index contributed by atoms with van der Waals surface area (Å²) in [6.07, 6.45) is -1.15. The summed E-state index contributed by atoms with van der Waals surface area (Å²) >= 11 is 0. The number of hydrazone groups is 1. The Labute approximate surface area is 92.4 Å². The van der Waals surface area contributed by atoms with Crippen LogP contribution in [0.4, 0.5) is 10.5 Å². The Kier molecular flexibility index (Phi) is 2.55. The maximum Gasteiger partial charge on any atom is 0.432 e. The first-order valence-corrected chi connectivity index (χ1v) is 4.71. The molecule has 0 heterocycles. The number of nitrogens with zero attached hydrogens (tertiary/aromatic N) is 2. The van der Waals surface area contributed by atoms with E-state index >= 15 is 0 Å². The van der Waals surface area contributed by atoms with Gasteiger partial charge in [0.25, 0.3) is 0 Å². The summed E-state index contributed by atoms with van der Waals surface area (Å²) in [5.74, 6) is 0. The number of carbonyl (C=O) groups is 1. The Morgan fingerprint density at radius 3 is 2.50 bits per heavy atom. The SMILES string of the molecule is C=NN(C(=O)O)c1ccc2ccccc2c1. The lowest BCUT2D eigenvalue weighted by molar-refractivity contribution is 0.202. The second-order valence-electron chi connectivity index (χ2n) is 3.27. The number of benzene rings is 2. The molecule has 1 amide bonds. The molecule has 1 N–H and O–H groups in total. The molecule has 2 aromatic rings. The number of hydrogen-bond acceptors (Lipinski definition) is 2. The largest absolute Gasteiger partial charge is 0.463 e. The molecular weight excluding hydrogens is 204 g/mol. The van der Waals surface area contributed by atoms with Crippen molar-refractivity contribution < 1.29 is 9.90 Å². The average molecular weight is 214 g/mol. The van der Waals surface area contributed by atoms with Crippen molar-refractivity contribution in [1.82, 2.24) is 0 Å². The highest BCUT2D eigenvalue weighted by molar-refractivity contribution is 5.91. The minimum atomic E-state index is -1.15. The van der Waals surface area contributed by atoms with Crippen LogP contribution in [-0.2, 0) is 0 Å². The standard InChI is InChI=1S/C12H10N2O2/c1-13-14(12(15)16)11-7-6-9-4-2-3-5-10(9)8-11/h2-8H,1H2,(H,15,16). The van der Waals surface area contributed by atoms with Gasteiger partial charge >= 0.3 is 6.09 Å². The van der Waals surface area contributed by atoms with E-state index in [-0.39, 0.29) is 0 Å². The van der Waals surface area contributed by atoms with Gasteiger partial charge < -0.3 is 5.11 Å². The third-order valence-corrected chi connectivity index (χ3v) is 2.30. The summed E-state index contributed by atoms with van der Waals surface area (Å²) in [6.45, 7) is 3.23. The Morgan fingerprint density at radius 1 is 1.19 bits per heavy atom. The molecule has 0 aromatic heterocycles. The van der Waals surface area contributed by atoms with E-state index in [4.69, 9.17) is 5.11 Å². The summed E-state index contributed by atoms with van der Waals surface area (Å²) in [6, 6.07) is 13.0. The van der Waals surface area contributed by atoms with E-state index in [1.54, 1.807) is 12.1 Å². The van der Waals surface area contributed by atoms with Gasteiger partial charge in [0.05, 0.1) is 5.69 Å². The van der Waals surface area contributed by atoms with Crippen molar-refractivity contribution in [2.24, 2.45) is 5.10 Å². The fourth-order valence-electron chi connectivity index (χ4n) is 1.56. The first-order valence-electron chi connectivity index (χ1n) is 4.71. The van der Waals surface area contributed by atoms with Gasteiger partial charge in [0.15, 0.2) is 0 Å². The molecule has 0 bridgehead atoms. The number of fused-ring (bicyclic) bond motifs is 1. The topological polar surface area (TPSA) is 52.9 Å². The summed E-state index contributed by atoms with van der Waals surface area (Å²) in [7, 11) is 0. The van der Waals surface area contributed by atoms with Crippen molar-refractivity contribution in [3.05, 3.63) is 42.5 Å². The zero-order valence-electron chi connectivity index (χ0n) is 8.50. The van der Waals surface area contributed by atoms with Crippen molar-refractivity contribution in [1.29, 1.82) is 0 Å². The minimum Gasteiger partial charge on any atom is -0.463 e. The molecule has 16 heavy (non-hydrogen) atoms. The van der Waals surface area contributed by atoms with Crippen LogP contribution in [0.5, 0.6) is 0 Å². The van der Waals surface area contributed by atoms with Crippen LogP contribution in [0, 0.1) is 0 Å². The van der Waals surface area contributed by atoms with Crippen LogP contribution in [0.15, 0.2) is 47.6 Å². The van der Waals surface area contributed by atoms with Gasteiger partial charge in [0.2, 0.25) is 0 Å². The molecule has 0 radical (unpaired) electrons. The highest BCUT2D eigenvalue weighted by Gasteiger charge is 2.11. The summed E-state index contributed by atoms with van der Waals surface area (Å²) < 4.78 is 0. The Bertz CT molecular complexity index is 551. The smallest absolute Gasteiger partial charge is 0.432 e. The Balaban J connectivity index is 2.53. The van der Waals surface area contributed by atoms with E-state index in [1.165, 1.54) is 0 Å². The third-order valence-electron chi connectivity index (χ3n) is 2.30. The molecule has 0 saturated carbocycles. The molecular formula is C12H10N2O2. The van der Waals surface area contributed by atoms with Gasteiger partial charge in [-0.1, -0.05) is 30.3 Å². The van der Waals surface area contributed by atoms with Crippen LogP contribution < -0.4 is 5.01 Å². The summed E-state index contributed by atoms with van der Waals surface area (Å²) in [5.41, 5.74) is 0.487. The van der Waals surface area contributed by atoms with E-state index in [0.717, 1.165) is 15.8 Å². The zero-order valence-corrected chi connectivity index (χ0v) is 8.50. The van der Waals surface area contributed by atoms with Crippen LogP contribution in [-0.4, -0.2) is 17.9 Å². The van der Waals surface area contributed by atoms with E-state index in [0.29, 0.717) is 5.69 Å². The number of amides is 1. The number of carboxylic acid groups (broad SMARTS) is 1. The van der Waals surface area contributed by atoms with E-state index in [9.17, 15) is 4.79 Å². The first kappa shape index (κ1) is 10.2. The van der Waals surface area contributed by atoms with Crippen molar-refractivity contribution in [2.45, 2.75) is 0 Å². The summed E-state index contributed by atoms with van der Waals surface area (Å²) in [5, 5.41) is 15.2. The second kappa shape index (κ2) is 4.02. The maximum absolute atomic E-state index is 10.9. The van der Waals surface area contributed by atoms with E-state index in [2.05, 4.69) is 11.8 Å². The molecule has 0 atom stereocenters. The van der Waals surface area contributed by atoms with Crippen LogP contribution in [0.2, 0.25) is 0 Å². The monoisotopic (exact) mass is 214 g/mol. The van der Waals surface area contributed by atoms with Crippen molar-refractivity contribution >= 4 is 29.3 Å². The van der Waals surface area contributed by atoms with Gasteiger partial charge in [0, 0.05) is 6.72 Å². The normalized spacial score (nSPS) is 10.0. The highest BCUT2D eigenvalue weighted by atomic mass is 16.4. The van der Waals surface area contributed by atoms with Crippen LogP contribution in [0.25, 0.3) is 10.8 Å². The maximum atomic E-state index is 10.9.